The number of hydrogen-bond donors (Lipinski definition) is 0. The van der Waals surface area contributed by atoms with Gasteiger partial charge in [-0.3, -0.25) is 4.79 Å². The van der Waals surface area contributed by atoms with Crippen molar-refractivity contribution in [3.63, 3.8) is 0 Å². The zero-order valence-electron chi connectivity index (χ0n) is 9.09. The molecule has 0 saturated heterocycles. The number of ketones is 1. The van der Waals surface area contributed by atoms with Crippen molar-refractivity contribution >= 4 is 21.7 Å². The van der Waals surface area contributed by atoms with E-state index in [1.165, 1.54) is 12.1 Å². The summed E-state index contributed by atoms with van der Waals surface area (Å²) in [6.45, 7) is 0. The first-order valence-corrected chi connectivity index (χ1v) is 5.75. The molecule has 2 nitrogen and oxygen atoms in total. The quantitative estimate of drug-likeness (QED) is 0.599. The molecule has 19 heavy (non-hydrogen) atoms. The lowest BCUT2D eigenvalue weighted by atomic mass is 10.0. The zero-order chi connectivity index (χ0) is 14.2. The second kappa shape index (κ2) is 4.80. The molecule has 1 heterocycles. The lowest BCUT2D eigenvalue weighted by Gasteiger charge is -2.09. The number of furan rings is 1. The van der Waals surface area contributed by atoms with Crippen LogP contribution < -0.4 is 0 Å². The van der Waals surface area contributed by atoms with Crippen LogP contribution >= 0.6 is 15.9 Å². The lowest BCUT2D eigenvalue weighted by Crippen LogP contribution is -2.10. The summed E-state index contributed by atoms with van der Waals surface area (Å²) in [5.74, 6) is -2.31. The fraction of sp³-hybridized carbons (Fsp3) is 0.0833. The monoisotopic (exact) mass is 336 g/mol. The molecule has 0 bridgehead atoms. The summed E-state index contributed by atoms with van der Waals surface area (Å²) < 4.78 is 55.8. The molecule has 1 aromatic heterocycles. The predicted octanol–water partition coefficient (Wildman–Crippen LogP) is 4.43. The molecule has 0 aliphatic carbocycles. The lowest BCUT2D eigenvalue weighted by molar-refractivity contribution is -0.140. The van der Waals surface area contributed by atoms with Gasteiger partial charge in [0.1, 0.15) is 5.82 Å². The average molecular weight is 337 g/mol. The van der Waals surface area contributed by atoms with Gasteiger partial charge in [0, 0.05) is 5.56 Å². The van der Waals surface area contributed by atoms with Gasteiger partial charge in [0.15, 0.2) is 10.4 Å². The first-order valence-electron chi connectivity index (χ1n) is 4.96. The molecule has 0 atom stereocenters. The summed E-state index contributed by atoms with van der Waals surface area (Å²) in [6, 6.07) is 4.79. The number of benzene rings is 1. The van der Waals surface area contributed by atoms with Crippen molar-refractivity contribution in [2.75, 3.05) is 0 Å². The van der Waals surface area contributed by atoms with Gasteiger partial charge in [-0.25, -0.2) is 4.39 Å². The molecule has 0 saturated carbocycles. The molecule has 0 radical (unpaired) electrons. The van der Waals surface area contributed by atoms with E-state index in [0.717, 1.165) is 6.07 Å². The molecule has 0 unspecified atom stereocenters. The Morgan fingerprint density at radius 3 is 2.37 bits per heavy atom. The molecule has 100 valence electrons. The Labute approximate surface area is 113 Å². The molecular weight excluding hydrogens is 332 g/mol. The van der Waals surface area contributed by atoms with E-state index in [1.54, 1.807) is 0 Å². The SMILES string of the molecule is O=C(c1ccc(F)c(C(F)(F)F)c1)c1ccc(Br)o1. The summed E-state index contributed by atoms with van der Waals surface area (Å²) in [5, 5.41) is 0. The Balaban J connectivity index is 2.44. The molecule has 0 aliphatic heterocycles. The first kappa shape index (κ1) is 13.8. The number of halogens is 5. The van der Waals surface area contributed by atoms with Crippen LogP contribution in [0.4, 0.5) is 17.6 Å². The Hall–Kier alpha value is -1.63. The van der Waals surface area contributed by atoms with Crippen LogP contribution in [0.5, 0.6) is 0 Å². The third-order valence-electron chi connectivity index (χ3n) is 2.33. The third-order valence-corrected chi connectivity index (χ3v) is 2.76. The Bertz CT molecular complexity index is 631. The fourth-order valence-electron chi connectivity index (χ4n) is 1.46. The number of carbonyl (C=O) groups is 1. The van der Waals surface area contributed by atoms with Crippen LogP contribution in [0.2, 0.25) is 0 Å². The minimum atomic E-state index is -4.86. The van der Waals surface area contributed by atoms with Crippen LogP contribution in [-0.4, -0.2) is 5.78 Å². The second-order valence-electron chi connectivity index (χ2n) is 3.63. The van der Waals surface area contributed by atoms with E-state index in [-0.39, 0.29) is 16.0 Å². The van der Waals surface area contributed by atoms with Crippen LogP contribution in [0, 0.1) is 5.82 Å². The molecule has 2 aromatic rings. The summed E-state index contributed by atoms with van der Waals surface area (Å²) in [4.78, 5) is 11.8. The fourth-order valence-corrected chi connectivity index (χ4v) is 1.77. The molecule has 0 aliphatic rings. The highest BCUT2D eigenvalue weighted by Crippen LogP contribution is 2.32. The van der Waals surface area contributed by atoms with Crippen molar-refractivity contribution in [2.24, 2.45) is 0 Å². The Morgan fingerprint density at radius 1 is 1.16 bits per heavy atom. The summed E-state index contributed by atoms with van der Waals surface area (Å²) in [7, 11) is 0. The number of hydrogen-bond acceptors (Lipinski definition) is 2. The van der Waals surface area contributed by atoms with Gasteiger partial charge in [0.25, 0.3) is 0 Å². The van der Waals surface area contributed by atoms with Crippen LogP contribution in [0.3, 0.4) is 0 Å². The van der Waals surface area contributed by atoms with Gasteiger partial charge in [-0.2, -0.15) is 13.2 Å². The van der Waals surface area contributed by atoms with Crippen molar-refractivity contribution in [2.45, 2.75) is 6.18 Å². The minimum Gasteiger partial charge on any atom is -0.446 e. The van der Waals surface area contributed by atoms with Crippen molar-refractivity contribution in [1.29, 1.82) is 0 Å². The van der Waals surface area contributed by atoms with Crippen LogP contribution in [0.1, 0.15) is 21.7 Å². The van der Waals surface area contributed by atoms with Gasteiger partial charge < -0.3 is 4.42 Å². The maximum absolute atomic E-state index is 13.1. The molecular formula is C12H5BrF4O2. The Morgan fingerprint density at radius 2 is 1.84 bits per heavy atom. The smallest absolute Gasteiger partial charge is 0.419 e. The molecule has 2 rings (SSSR count). The number of alkyl halides is 3. The van der Waals surface area contributed by atoms with Gasteiger partial charge in [0.05, 0.1) is 5.56 Å². The van der Waals surface area contributed by atoms with Crippen molar-refractivity contribution < 1.29 is 26.8 Å². The second-order valence-corrected chi connectivity index (χ2v) is 4.41. The number of carbonyl (C=O) groups excluding carboxylic acids is 1. The van der Waals surface area contributed by atoms with Crippen molar-refractivity contribution in [3.05, 3.63) is 57.7 Å². The molecule has 0 N–H and O–H groups in total. The highest BCUT2D eigenvalue weighted by Gasteiger charge is 2.34. The largest absolute Gasteiger partial charge is 0.446 e. The van der Waals surface area contributed by atoms with E-state index in [9.17, 15) is 22.4 Å². The maximum Gasteiger partial charge on any atom is 0.419 e. The van der Waals surface area contributed by atoms with Gasteiger partial charge >= 0.3 is 6.18 Å². The Kier molecular flexibility index (Phi) is 3.49. The maximum atomic E-state index is 13.1. The van der Waals surface area contributed by atoms with Crippen LogP contribution in [0.15, 0.2) is 39.4 Å². The average Bonchev–Trinajstić information content (AvgIpc) is 2.74. The predicted molar refractivity (Wildman–Crippen MR) is 61.2 cm³/mol. The summed E-state index contributed by atoms with van der Waals surface area (Å²) in [6.07, 6.45) is -4.86. The van der Waals surface area contributed by atoms with Gasteiger partial charge in [0.2, 0.25) is 5.78 Å². The minimum absolute atomic E-state index is 0.133. The molecule has 1 aromatic carbocycles. The van der Waals surface area contributed by atoms with E-state index in [4.69, 9.17) is 4.42 Å². The van der Waals surface area contributed by atoms with Crippen molar-refractivity contribution in [3.8, 4) is 0 Å². The van der Waals surface area contributed by atoms with E-state index in [0.29, 0.717) is 12.1 Å². The van der Waals surface area contributed by atoms with E-state index >= 15 is 0 Å². The van der Waals surface area contributed by atoms with E-state index < -0.39 is 23.3 Å². The highest BCUT2D eigenvalue weighted by atomic mass is 79.9. The van der Waals surface area contributed by atoms with E-state index in [1.807, 2.05) is 0 Å². The number of rotatable bonds is 2. The topological polar surface area (TPSA) is 30.2 Å². The van der Waals surface area contributed by atoms with Gasteiger partial charge in [-0.1, -0.05) is 0 Å². The standard InChI is InChI=1S/C12H5BrF4O2/c13-10-4-3-9(19-10)11(18)6-1-2-8(14)7(5-6)12(15,16)17/h1-5H. The molecule has 0 spiro atoms. The van der Waals surface area contributed by atoms with Gasteiger partial charge in [-0.15, -0.1) is 0 Å². The molecule has 7 heteroatoms. The normalized spacial score (nSPS) is 11.6. The van der Waals surface area contributed by atoms with Gasteiger partial charge in [-0.05, 0) is 46.3 Å². The van der Waals surface area contributed by atoms with E-state index in [2.05, 4.69) is 15.9 Å². The first-order chi connectivity index (χ1) is 8.79. The summed E-state index contributed by atoms with van der Waals surface area (Å²) >= 11 is 2.97. The van der Waals surface area contributed by atoms with Crippen LogP contribution in [0.25, 0.3) is 0 Å². The zero-order valence-corrected chi connectivity index (χ0v) is 10.7. The molecule has 0 amide bonds. The van der Waals surface area contributed by atoms with Crippen LogP contribution in [-0.2, 0) is 6.18 Å². The summed E-state index contributed by atoms with van der Waals surface area (Å²) in [5.41, 5.74) is -1.78. The van der Waals surface area contributed by atoms with Crippen molar-refractivity contribution in [1.82, 2.24) is 0 Å². The third kappa shape index (κ3) is 2.86. The highest BCUT2D eigenvalue weighted by molar-refractivity contribution is 9.10. The molecule has 0 fully saturated rings.